The number of hydrogen-bond acceptors (Lipinski definition) is 4. The van der Waals surface area contributed by atoms with E-state index in [-0.39, 0.29) is 5.58 Å². The summed E-state index contributed by atoms with van der Waals surface area (Å²) in [5, 5.41) is 13.6. The summed E-state index contributed by atoms with van der Waals surface area (Å²) in [4.78, 5) is 0. The van der Waals surface area contributed by atoms with Crippen LogP contribution in [0.2, 0.25) is 0 Å². The predicted octanol–water partition coefficient (Wildman–Crippen LogP) is 1.84. The van der Waals surface area contributed by atoms with E-state index in [1.54, 1.807) is 25.3 Å². The van der Waals surface area contributed by atoms with E-state index in [0.717, 1.165) is 0 Å². The van der Waals surface area contributed by atoms with Gasteiger partial charge in [0.25, 0.3) is 0 Å². The summed E-state index contributed by atoms with van der Waals surface area (Å²) in [6.07, 6.45) is -0.798. The van der Waals surface area contributed by atoms with Crippen molar-refractivity contribution < 1.29 is 18.7 Å². The van der Waals surface area contributed by atoms with Crippen LogP contribution in [0.4, 0.5) is 4.39 Å². The number of fused-ring (bicyclic) bond motifs is 1. The highest BCUT2D eigenvalue weighted by atomic mass is 19.1. The van der Waals surface area contributed by atoms with Crippen LogP contribution in [-0.2, 0) is 4.74 Å². The lowest BCUT2D eigenvalue weighted by molar-refractivity contribution is 0.142. The minimum atomic E-state index is -0.798. The van der Waals surface area contributed by atoms with Crippen LogP contribution in [0.25, 0.3) is 11.0 Å². The number of para-hydroxylation sites is 1. The molecule has 0 bridgehead atoms. The minimum Gasteiger partial charge on any atom is -0.455 e. The van der Waals surface area contributed by atoms with Crippen LogP contribution in [0.3, 0.4) is 0 Å². The number of ether oxygens (including phenoxy) is 1. The summed E-state index contributed by atoms with van der Waals surface area (Å²) in [6.45, 7) is 1.55. The summed E-state index contributed by atoms with van der Waals surface area (Å²) in [7, 11) is 1.61. The van der Waals surface area contributed by atoms with E-state index in [4.69, 9.17) is 9.15 Å². The van der Waals surface area contributed by atoms with Crippen molar-refractivity contribution in [2.24, 2.45) is 0 Å². The van der Waals surface area contributed by atoms with Crippen molar-refractivity contribution in [2.45, 2.75) is 6.10 Å². The Morgan fingerprint density at radius 3 is 3.06 bits per heavy atom. The second kappa shape index (κ2) is 5.95. The van der Waals surface area contributed by atoms with E-state index in [1.807, 2.05) is 0 Å². The maximum Gasteiger partial charge on any atom is 0.170 e. The highest BCUT2D eigenvalue weighted by Crippen LogP contribution is 2.25. The number of hydrogen-bond donors (Lipinski definition) is 2. The molecule has 0 saturated heterocycles. The molecule has 0 fully saturated rings. The van der Waals surface area contributed by atoms with E-state index in [1.165, 1.54) is 6.07 Å². The van der Waals surface area contributed by atoms with Crippen LogP contribution in [0.1, 0.15) is 11.9 Å². The molecule has 1 aromatic carbocycles. The Balaban J connectivity index is 2.04. The number of methoxy groups -OCH3 is 1. The molecular weight excluding hydrogens is 237 g/mol. The van der Waals surface area contributed by atoms with Crippen LogP contribution >= 0.6 is 0 Å². The van der Waals surface area contributed by atoms with Gasteiger partial charge in [-0.15, -0.1) is 0 Å². The number of halogens is 1. The largest absolute Gasteiger partial charge is 0.455 e. The average Bonchev–Trinajstić information content (AvgIpc) is 2.80. The van der Waals surface area contributed by atoms with Gasteiger partial charge in [0.05, 0.1) is 6.61 Å². The van der Waals surface area contributed by atoms with Crippen LogP contribution in [0, 0.1) is 5.82 Å². The van der Waals surface area contributed by atoms with Gasteiger partial charge < -0.3 is 19.6 Å². The van der Waals surface area contributed by atoms with Gasteiger partial charge in [-0.1, -0.05) is 12.1 Å². The van der Waals surface area contributed by atoms with E-state index in [9.17, 15) is 9.50 Å². The van der Waals surface area contributed by atoms with Gasteiger partial charge in [0, 0.05) is 25.6 Å². The van der Waals surface area contributed by atoms with Crippen molar-refractivity contribution in [1.29, 1.82) is 0 Å². The fourth-order valence-electron chi connectivity index (χ4n) is 1.73. The third-order valence-electron chi connectivity index (χ3n) is 2.66. The van der Waals surface area contributed by atoms with Gasteiger partial charge in [-0.3, -0.25) is 0 Å². The smallest absolute Gasteiger partial charge is 0.170 e. The second-order valence-electron chi connectivity index (χ2n) is 4.02. The molecule has 1 atom stereocenters. The molecule has 0 saturated carbocycles. The zero-order chi connectivity index (χ0) is 13.0. The van der Waals surface area contributed by atoms with Gasteiger partial charge >= 0.3 is 0 Å². The molecule has 0 aliphatic heterocycles. The third kappa shape index (κ3) is 2.87. The second-order valence-corrected chi connectivity index (χ2v) is 4.02. The van der Waals surface area contributed by atoms with Crippen molar-refractivity contribution in [3.63, 3.8) is 0 Å². The first-order chi connectivity index (χ1) is 8.72. The molecule has 1 heterocycles. The molecular formula is C13H16FNO3. The lowest BCUT2D eigenvalue weighted by atomic mass is 10.2. The molecule has 0 aliphatic carbocycles. The molecule has 0 aliphatic rings. The Kier molecular flexibility index (Phi) is 4.30. The van der Waals surface area contributed by atoms with E-state index < -0.39 is 11.9 Å². The minimum absolute atomic E-state index is 0.184. The highest BCUT2D eigenvalue weighted by Gasteiger charge is 2.14. The molecule has 1 unspecified atom stereocenters. The van der Waals surface area contributed by atoms with Gasteiger partial charge in [0.1, 0.15) is 11.9 Å². The maximum atomic E-state index is 13.4. The van der Waals surface area contributed by atoms with Gasteiger partial charge in [-0.2, -0.15) is 0 Å². The number of furan rings is 1. The Labute approximate surface area is 104 Å². The quantitative estimate of drug-likeness (QED) is 0.771. The molecule has 0 amide bonds. The lowest BCUT2D eigenvalue weighted by Crippen LogP contribution is -2.24. The first-order valence-electron chi connectivity index (χ1n) is 5.78. The van der Waals surface area contributed by atoms with Crippen molar-refractivity contribution >= 4 is 11.0 Å². The van der Waals surface area contributed by atoms with Crippen molar-refractivity contribution in [1.82, 2.24) is 5.32 Å². The molecule has 98 valence electrons. The van der Waals surface area contributed by atoms with E-state index in [0.29, 0.717) is 30.8 Å². The molecule has 1 aromatic heterocycles. The number of benzene rings is 1. The third-order valence-corrected chi connectivity index (χ3v) is 2.66. The molecule has 2 N–H and O–H groups in total. The molecule has 0 radical (unpaired) electrons. The number of nitrogens with one attached hydrogen (secondary N) is 1. The first kappa shape index (κ1) is 13.0. The van der Waals surface area contributed by atoms with Crippen molar-refractivity contribution in [3.05, 3.63) is 35.8 Å². The summed E-state index contributed by atoms with van der Waals surface area (Å²) in [5.41, 5.74) is 0.184. The summed E-state index contributed by atoms with van der Waals surface area (Å²) in [5.74, 6) is -0.0571. The van der Waals surface area contributed by atoms with Crippen LogP contribution in [0.5, 0.6) is 0 Å². The standard InChI is InChI=1S/C13H16FNO3/c1-17-6-5-15-8-11(16)12-7-9-3-2-4-10(14)13(9)18-12/h2-4,7,11,15-16H,5-6,8H2,1H3. The predicted molar refractivity (Wildman–Crippen MR) is 65.9 cm³/mol. The molecule has 2 aromatic rings. The zero-order valence-corrected chi connectivity index (χ0v) is 10.1. The normalized spacial score (nSPS) is 13.1. The summed E-state index contributed by atoms with van der Waals surface area (Å²) in [6, 6.07) is 6.34. The zero-order valence-electron chi connectivity index (χ0n) is 10.1. The highest BCUT2D eigenvalue weighted by molar-refractivity contribution is 5.78. The van der Waals surface area contributed by atoms with Crippen LogP contribution in [-0.4, -0.2) is 31.9 Å². The van der Waals surface area contributed by atoms with Crippen molar-refractivity contribution in [2.75, 3.05) is 26.8 Å². The Hall–Kier alpha value is -1.43. The van der Waals surface area contributed by atoms with Gasteiger partial charge in [-0.25, -0.2) is 4.39 Å². The van der Waals surface area contributed by atoms with Crippen LogP contribution < -0.4 is 5.32 Å². The fourth-order valence-corrected chi connectivity index (χ4v) is 1.73. The Bertz CT molecular complexity index is 512. The Morgan fingerprint density at radius 1 is 1.50 bits per heavy atom. The average molecular weight is 253 g/mol. The topological polar surface area (TPSA) is 54.6 Å². The van der Waals surface area contributed by atoms with E-state index >= 15 is 0 Å². The number of rotatable bonds is 6. The van der Waals surface area contributed by atoms with Gasteiger partial charge in [0.15, 0.2) is 11.4 Å². The molecule has 4 nitrogen and oxygen atoms in total. The molecule has 18 heavy (non-hydrogen) atoms. The fraction of sp³-hybridized carbons (Fsp3) is 0.385. The number of aliphatic hydroxyl groups is 1. The number of aliphatic hydroxyl groups excluding tert-OH is 1. The summed E-state index contributed by atoms with van der Waals surface area (Å²) >= 11 is 0. The molecule has 0 spiro atoms. The maximum absolute atomic E-state index is 13.4. The van der Waals surface area contributed by atoms with Crippen LogP contribution in [0.15, 0.2) is 28.7 Å². The lowest BCUT2D eigenvalue weighted by Gasteiger charge is -2.08. The molecule has 5 heteroatoms. The first-order valence-corrected chi connectivity index (χ1v) is 5.78. The van der Waals surface area contributed by atoms with Gasteiger partial charge in [0.2, 0.25) is 0 Å². The Morgan fingerprint density at radius 2 is 2.33 bits per heavy atom. The molecule has 2 rings (SSSR count). The summed E-state index contributed by atoms with van der Waals surface area (Å²) < 4.78 is 23.6. The van der Waals surface area contributed by atoms with Gasteiger partial charge in [-0.05, 0) is 12.1 Å². The van der Waals surface area contributed by atoms with Crippen molar-refractivity contribution in [3.8, 4) is 0 Å². The SMILES string of the molecule is COCCNCC(O)c1cc2cccc(F)c2o1. The monoisotopic (exact) mass is 253 g/mol. The van der Waals surface area contributed by atoms with E-state index in [2.05, 4.69) is 5.32 Å².